The molecule has 0 radical (unpaired) electrons. The monoisotopic (exact) mass is 362 g/mol. The van der Waals surface area contributed by atoms with Gasteiger partial charge in [-0.1, -0.05) is 11.6 Å². The summed E-state index contributed by atoms with van der Waals surface area (Å²) in [6.45, 7) is -0.585. The van der Waals surface area contributed by atoms with Crippen molar-refractivity contribution in [1.29, 1.82) is 0 Å². The van der Waals surface area contributed by atoms with E-state index in [1.807, 2.05) is 0 Å². The van der Waals surface area contributed by atoms with Crippen LogP contribution in [0.4, 0.5) is 17.2 Å². The number of aromatic nitrogens is 1. The summed E-state index contributed by atoms with van der Waals surface area (Å²) in [6.07, 6.45) is 1.37. The van der Waals surface area contributed by atoms with E-state index in [-0.39, 0.29) is 30.3 Å². The third-order valence-corrected chi connectivity index (χ3v) is 3.62. The lowest BCUT2D eigenvalue weighted by molar-refractivity contribution is -0.384. The van der Waals surface area contributed by atoms with E-state index in [2.05, 4.69) is 10.3 Å². The molecule has 1 N–H and O–H groups in total. The Hall–Kier alpha value is -3.20. The van der Waals surface area contributed by atoms with Gasteiger partial charge in [0, 0.05) is 18.3 Å². The van der Waals surface area contributed by atoms with Crippen LogP contribution in [0.5, 0.6) is 5.75 Å². The molecule has 2 amide bonds. The molecule has 9 nitrogen and oxygen atoms in total. The zero-order valence-corrected chi connectivity index (χ0v) is 13.4. The molecule has 25 heavy (non-hydrogen) atoms. The molecule has 0 saturated heterocycles. The molecule has 0 aliphatic carbocycles. The van der Waals surface area contributed by atoms with Crippen LogP contribution >= 0.6 is 11.6 Å². The molecule has 1 aromatic carbocycles. The van der Waals surface area contributed by atoms with Crippen LogP contribution in [0.25, 0.3) is 0 Å². The van der Waals surface area contributed by atoms with Crippen molar-refractivity contribution in [1.82, 2.24) is 4.98 Å². The molecule has 3 rings (SSSR count). The van der Waals surface area contributed by atoms with Gasteiger partial charge >= 0.3 is 0 Å². The van der Waals surface area contributed by atoms with Crippen LogP contribution in [-0.2, 0) is 9.59 Å². The van der Waals surface area contributed by atoms with Crippen LogP contribution in [0.3, 0.4) is 0 Å². The van der Waals surface area contributed by atoms with E-state index in [9.17, 15) is 19.7 Å². The van der Waals surface area contributed by atoms with E-state index < -0.39 is 16.7 Å². The van der Waals surface area contributed by atoms with E-state index in [0.29, 0.717) is 10.8 Å². The topological polar surface area (TPSA) is 115 Å². The highest BCUT2D eigenvalue weighted by Gasteiger charge is 2.29. The number of pyridine rings is 1. The van der Waals surface area contributed by atoms with Crippen molar-refractivity contribution in [3.63, 3.8) is 0 Å². The number of nitrogens with zero attached hydrogens (tertiary/aromatic N) is 3. The number of nitro groups is 1. The van der Waals surface area contributed by atoms with Crippen molar-refractivity contribution in [3.05, 3.63) is 51.7 Å². The number of nitro benzene ring substituents is 1. The largest absolute Gasteiger partial charge is 0.482 e. The summed E-state index contributed by atoms with van der Waals surface area (Å²) in [6, 6.07) is 6.93. The van der Waals surface area contributed by atoms with Gasteiger partial charge in [-0.25, -0.2) is 4.98 Å². The Morgan fingerprint density at radius 2 is 2.20 bits per heavy atom. The number of anilines is 2. The highest BCUT2D eigenvalue weighted by molar-refractivity contribution is 6.30. The maximum Gasteiger partial charge on any atom is 0.271 e. The molecule has 0 bridgehead atoms. The van der Waals surface area contributed by atoms with E-state index in [1.54, 1.807) is 6.07 Å². The minimum atomic E-state index is -0.588. The molecule has 2 aromatic rings. The van der Waals surface area contributed by atoms with Gasteiger partial charge in [-0.05, 0) is 18.2 Å². The van der Waals surface area contributed by atoms with E-state index in [1.165, 1.54) is 30.5 Å². The first-order valence-corrected chi connectivity index (χ1v) is 7.45. The number of carbonyl (C=O) groups is 2. The molecule has 0 spiro atoms. The molecule has 1 aliphatic rings. The van der Waals surface area contributed by atoms with Crippen LogP contribution in [-0.4, -0.2) is 34.9 Å². The number of benzene rings is 1. The first-order valence-electron chi connectivity index (χ1n) is 7.07. The first kappa shape index (κ1) is 16.7. The minimum absolute atomic E-state index is 0.171. The molecule has 0 saturated carbocycles. The quantitative estimate of drug-likeness (QED) is 0.657. The Labute approximate surface area is 146 Å². The van der Waals surface area contributed by atoms with E-state index in [4.69, 9.17) is 16.3 Å². The molecular formula is C15H11ClN4O5. The molecule has 1 aliphatic heterocycles. The summed E-state index contributed by atoms with van der Waals surface area (Å²) < 4.78 is 5.24. The Kier molecular flexibility index (Phi) is 4.48. The third-order valence-electron chi connectivity index (χ3n) is 3.39. The fraction of sp³-hybridized carbons (Fsp3) is 0.133. The van der Waals surface area contributed by atoms with Gasteiger partial charge in [0.15, 0.2) is 6.61 Å². The fourth-order valence-corrected chi connectivity index (χ4v) is 2.36. The second kappa shape index (κ2) is 6.73. The summed E-state index contributed by atoms with van der Waals surface area (Å²) in [5, 5.41) is 13.9. The first-order chi connectivity index (χ1) is 11.9. The summed E-state index contributed by atoms with van der Waals surface area (Å²) in [7, 11) is 0. The van der Waals surface area contributed by atoms with Crippen LogP contribution in [0, 0.1) is 10.1 Å². The van der Waals surface area contributed by atoms with Gasteiger partial charge in [0.05, 0.1) is 15.6 Å². The van der Waals surface area contributed by atoms with Gasteiger partial charge in [-0.3, -0.25) is 24.6 Å². The normalized spacial score (nSPS) is 13.0. The summed E-state index contributed by atoms with van der Waals surface area (Å²) in [5.74, 6) is -0.424. The average molecular weight is 363 g/mol. The molecule has 0 atom stereocenters. The maximum atomic E-state index is 12.2. The van der Waals surface area contributed by atoms with Gasteiger partial charge in [-0.2, -0.15) is 0 Å². The van der Waals surface area contributed by atoms with Gasteiger partial charge in [0.1, 0.15) is 18.1 Å². The van der Waals surface area contributed by atoms with Gasteiger partial charge < -0.3 is 10.1 Å². The van der Waals surface area contributed by atoms with Crippen molar-refractivity contribution in [2.75, 3.05) is 23.4 Å². The molecule has 0 unspecified atom stereocenters. The highest BCUT2D eigenvalue weighted by Crippen LogP contribution is 2.35. The smallest absolute Gasteiger partial charge is 0.271 e. The highest BCUT2D eigenvalue weighted by atomic mass is 35.5. The fourth-order valence-electron chi connectivity index (χ4n) is 2.25. The Morgan fingerprint density at radius 1 is 1.40 bits per heavy atom. The predicted octanol–water partition coefficient (Wildman–Crippen LogP) is 2.01. The SMILES string of the molecule is O=C(CN1C(=O)COc2ccc([N+](=O)[O-])cc21)Nc1ccc(Cl)cn1. The lowest BCUT2D eigenvalue weighted by Crippen LogP contribution is -2.43. The van der Waals surface area contributed by atoms with Crippen LogP contribution < -0.4 is 15.0 Å². The van der Waals surface area contributed by atoms with Crippen molar-refractivity contribution in [2.45, 2.75) is 0 Å². The number of nitrogens with one attached hydrogen (secondary N) is 1. The Morgan fingerprint density at radius 3 is 2.88 bits per heavy atom. The third kappa shape index (κ3) is 3.66. The molecule has 1 aromatic heterocycles. The number of hydrogen-bond donors (Lipinski definition) is 1. The lowest BCUT2D eigenvalue weighted by Gasteiger charge is -2.28. The predicted molar refractivity (Wildman–Crippen MR) is 88.8 cm³/mol. The zero-order chi connectivity index (χ0) is 18.0. The summed E-state index contributed by atoms with van der Waals surface area (Å²) in [4.78, 5) is 39.7. The number of rotatable bonds is 4. The molecule has 0 fully saturated rings. The number of ether oxygens (including phenoxy) is 1. The average Bonchev–Trinajstić information content (AvgIpc) is 2.59. The number of non-ortho nitro benzene ring substituents is 1. The van der Waals surface area contributed by atoms with Crippen LogP contribution in [0.2, 0.25) is 5.02 Å². The van der Waals surface area contributed by atoms with E-state index >= 15 is 0 Å². The number of hydrogen-bond acceptors (Lipinski definition) is 6. The zero-order valence-electron chi connectivity index (χ0n) is 12.6. The Balaban J connectivity index is 1.81. The lowest BCUT2D eigenvalue weighted by atomic mass is 10.2. The molecule has 10 heteroatoms. The molecule has 2 heterocycles. The number of halogens is 1. The van der Waals surface area contributed by atoms with Crippen LogP contribution in [0.1, 0.15) is 0 Å². The number of carbonyl (C=O) groups excluding carboxylic acids is 2. The van der Waals surface area contributed by atoms with Crippen molar-refractivity contribution in [3.8, 4) is 5.75 Å². The van der Waals surface area contributed by atoms with E-state index in [0.717, 1.165) is 4.90 Å². The van der Waals surface area contributed by atoms with Crippen molar-refractivity contribution < 1.29 is 19.2 Å². The van der Waals surface area contributed by atoms with Gasteiger partial charge in [0.2, 0.25) is 5.91 Å². The second-order valence-corrected chi connectivity index (χ2v) is 5.52. The van der Waals surface area contributed by atoms with Crippen molar-refractivity contribution >= 4 is 40.6 Å². The maximum absolute atomic E-state index is 12.2. The van der Waals surface area contributed by atoms with Crippen LogP contribution in [0.15, 0.2) is 36.5 Å². The standard InChI is InChI=1S/C15H11ClN4O5/c16-9-1-4-13(17-6-9)18-14(21)7-19-11-5-10(20(23)24)2-3-12(11)25-8-15(19)22/h1-6H,7-8H2,(H,17,18,21). The summed E-state index contributed by atoms with van der Waals surface area (Å²) in [5.41, 5.74) is -0.0357. The number of amides is 2. The summed E-state index contributed by atoms with van der Waals surface area (Å²) >= 11 is 5.72. The number of fused-ring (bicyclic) bond motifs is 1. The molecule has 128 valence electrons. The van der Waals surface area contributed by atoms with Gasteiger partial charge in [-0.15, -0.1) is 0 Å². The second-order valence-electron chi connectivity index (χ2n) is 5.09. The molecular weight excluding hydrogens is 352 g/mol. The van der Waals surface area contributed by atoms with Crippen molar-refractivity contribution in [2.24, 2.45) is 0 Å². The Bertz CT molecular complexity index is 856. The minimum Gasteiger partial charge on any atom is -0.482 e. The van der Waals surface area contributed by atoms with Gasteiger partial charge in [0.25, 0.3) is 11.6 Å².